The average molecular weight is 379 g/mol. The second-order valence-corrected chi connectivity index (χ2v) is 7.08. The van der Waals surface area contributed by atoms with Crippen molar-refractivity contribution in [3.8, 4) is 6.07 Å². The van der Waals surface area contributed by atoms with E-state index in [4.69, 9.17) is 20.8 Å². The molecule has 1 aliphatic carbocycles. The zero-order valence-electron chi connectivity index (χ0n) is 15.2. The first-order valence-electron chi connectivity index (χ1n) is 9.05. The Labute approximate surface area is 155 Å². The van der Waals surface area contributed by atoms with E-state index in [-0.39, 0.29) is 28.8 Å². The second kappa shape index (κ2) is 7.74. The monoisotopic (exact) mass is 379 g/mol. The van der Waals surface area contributed by atoms with E-state index >= 15 is 0 Å². The standard InChI is InChI=1S/C13H13F2N5.C5H10O2/c1-7(13(15)3-2-4-13)11-8(5-16)10(14)9-6-18-12(17)19-20(9)11;6-5-2-1-3-7-4-5/h6-7H,2-4H2,1H3,(H2,17,19);5-6H,1-4H2. The zero-order chi connectivity index (χ0) is 19.6. The highest BCUT2D eigenvalue weighted by Crippen LogP contribution is 2.47. The number of aliphatic hydroxyl groups excluding tert-OH is 1. The highest BCUT2D eigenvalue weighted by Gasteiger charge is 2.45. The van der Waals surface area contributed by atoms with Gasteiger partial charge in [0, 0.05) is 12.5 Å². The fraction of sp³-hybridized carbons (Fsp3) is 0.611. The molecule has 0 aromatic carbocycles. The van der Waals surface area contributed by atoms with Crippen molar-refractivity contribution in [2.75, 3.05) is 18.9 Å². The molecule has 0 bridgehead atoms. The minimum atomic E-state index is -1.41. The Morgan fingerprint density at radius 2 is 2.22 bits per heavy atom. The lowest BCUT2D eigenvalue weighted by atomic mass is 9.72. The van der Waals surface area contributed by atoms with E-state index in [9.17, 15) is 8.78 Å². The van der Waals surface area contributed by atoms with E-state index in [1.807, 2.05) is 0 Å². The highest BCUT2D eigenvalue weighted by atomic mass is 19.1. The summed E-state index contributed by atoms with van der Waals surface area (Å²) in [6, 6.07) is 1.80. The van der Waals surface area contributed by atoms with Crippen LogP contribution in [0.5, 0.6) is 0 Å². The molecule has 2 aliphatic rings. The fourth-order valence-electron chi connectivity index (χ4n) is 3.47. The van der Waals surface area contributed by atoms with Gasteiger partial charge in [0.25, 0.3) is 0 Å². The van der Waals surface area contributed by atoms with Crippen LogP contribution in [-0.2, 0) is 4.74 Å². The molecule has 7 nitrogen and oxygen atoms in total. The van der Waals surface area contributed by atoms with Crippen LogP contribution in [0.2, 0.25) is 0 Å². The zero-order valence-corrected chi connectivity index (χ0v) is 15.2. The Kier molecular flexibility index (Phi) is 5.58. The van der Waals surface area contributed by atoms with Crippen LogP contribution in [0.25, 0.3) is 5.52 Å². The Morgan fingerprint density at radius 3 is 2.70 bits per heavy atom. The molecular formula is C18H23F2N5O2. The SMILES string of the molecule is CC(c1c(C#N)c(F)c2cnc(N)nn12)C1(F)CCC1.OC1CCCOC1. The van der Waals surface area contributed by atoms with Gasteiger partial charge in [-0.15, -0.1) is 5.10 Å². The Morgan fingerprint density at radius 1 is 1.48 bits per heavy atom. The van der Waals surface area contributed by atoms with E-state index in [1.165, 1.54) is 10.7 Å². The molecule has 2 aromatic heterocycles. The normalized spacial score (nSPS) is 22.3. The molecule has 3 heterocycles. The third kappa shape index (κ3) is 3.73. The minimum Gasteiger partial charge on any atom is -0.391 e. The summed E-state index contributed by atoms with van der Waals surface area (Å²) in [5.74, 6) is -1.40. The molecule has 2 atom stereocenters. The Hall–Kier alpha value is -2.31. The van der Waals surface area contributed by atoms with Crippen LogP contribution in [0.1, 0.15) is 56.2 Å². The number of aromatic nitrogens is 3. The van der Waals surface area contributed by atoms with Crippen molar-refractivity contribution < 1.29 is 18.6 Å². The number of aliphatic hydroxyl groups is 1. The number of anilines is 1. The number of ether oxygens (including phenoxy) is 1. The molecule has 3 N–H and O–H groups in total. The van der Waals surface area contributed by atoms with Crippen LogP contribution in [0, 0.1) is 17.1 Å². The van der Waals surface area contributed by atoms with Crippen LogP contribution in [-0.4, -0.2) is 44.7 Å². The van der Waals surface area contributed by atoms with Crippen molar-refractivity contribution in [2.45, 2.75) is 56.7 Å². The molecule has 1 saturated heterocycles. The molecule has 0 spiro atoms. The van der Waals surface area contributed by atoms with E-state index in [0.29, 0.717) is 19.4 Å². The highest BCUT2D eigenvalue weighted by molar-refractivity contribution is 5.58. The number of alkyl halides is 1. The van der Waals surface area contributed by atoms with E-state index in [2.05, 4.69) is 10.1 Å². The fourth-order valence-corrected chi connectivity index (χ4v) is 3.47. The Bertz CT molecular complexity index is 854. The lowest BCUT2D eigenvalue weighted by Crippen LogP contribution is -2.38. The van der Waals surface area contributed by atoms with E-state index in [1.54, 1.807) is 13.0 Å². The van der Waals surface area contributed by atoms with Gasteiger partial charge in [0.15, 0.2) is 5.82 Å². The van der Waals surface area contributed by atoms with Gasteiger partial charge < -0.3 is 15.6 Å². The van der Waals surface area contributed by atoms with Crippen LogP contribution < -0.4 is 5.73 Å². The summed E-state index contributed by atoms with van der Waals surface area (Å²) in [5, 5.41) is 21.9. The van der Waals surface area contributed by atoms with Gasteiger partial charge in [-0.25, -0.2) is 18.3 Å². The van der Waals surface area contributed by atoms with Gasteiger partial charge in [-0.3, -0.25) is 0 Å². The van der Waals surface area contributed by atoms with Gasteiger partial charge in [-0.05, 0) is 32.1 Å². The number of halogens is 2. The van der Waals surface area contributed by atoms with Gasteiger partial charge in [0.05, 0.1) is 24.6 Å². The van der Waals surface area contributed by atoms with Crippen molar-refractivity contribution in [1.82, 2.24) is 14.6 Å². The lowest BCUT2D eigenvalue weighted by molar-refractivity contribution is -0.00535. The summed E-state index contributed by atoms with van der Waals surface area (Å²) in [4.78, 5) is 3.72. The van der Waals surface area contributed by atoms with Crippen LogP contribution in [0.15, 0.2) is 6.20 Å². The van der Waals surface area contributed by atoms with Gasteiger partial charge in [0.2, 0.25) is 5.95 Å². The lowest BCUT2D eigenvalue weighted by Gasteiger charge is -2.39. The molecule has 27 heavy (non-hydrogen) atoms. The maximum atomic E-state index is 14.6. The first kappa shape index (κ1) is 19.5. The summed E-state index contributed by atoms with van der Waals surface area (Å²) in [6.07, 6.45) is 4.57. The first-order chi connectivity index (χ1) is 12.9. The molecule has 4 rings (SSSR count). The third-order valence-corrected chi connectivity index (χ3v) is 5.30. The summed E-state index contributed by atoms with van der Waals surface area (Å²) >= 11 is 0. The molecule has 1 saturated carbocycles. The molecular weight excluding hydrogens is 356 g/mol. The number of hydrogen-bond donors (Lipinski definition) is 2. The van der Waals surface area contributed by atoms with Crippen LogP contribution in [0.3, 0.4) is 0 Å². The van der Waals surface area contributed by atoms with Crippen molar-refractivity contribution in [1.29, 1.82) is 5.26 Å². The van der Waals surface area contributed by atoms with Crippen molar-refractivity contribution in [2.24, 2.45) is 0 Å². The second-order valence-electron chi connectivity index (χ2n) is 7.08. The minimum absolute atomic E-state index is 0.0422. The largest absolute Gasteiger partial charge is 0.391 e. The predicted octanol–water partition coefficient (Wildman–Crippen LogP) is 2.48. The van der Waals surface area contributed by atoms with Crippen molar-refractivity contribution in [3.05, 3.63) is 23.3 Å². The number of nitrogen functional groups attached to an aromatic ring is 1. The summed E-state index contributed by atoms with van der Waals surface area (Å²) in [7, 11) is 0. The van der Waals surface area contributed by atoms with Crippen LogP contribution >= 0.6 is 0 Å². The average Bonchev–Trinajstić information content (AvgIpc) is 2.91. The number of rotatable bonds is 2. The third-order valence-electron chi connectivity index (χ3n) is 5.30. The van der Waals surface area contributed by atoms with Gasteiger partial charge in [-0.1, -0.05) is 6.92 Å². The number of nitriles is 1. The van der Waals surface area contributed by atoms with Crippen molar-refractivity contribution >= 4 is 11.5 Å². The maximum absolute atomic E-state index is 14.6. The maximum Gasteiger partial charge on any atom is 0.238 e. The molecule has 1 aliphatic heterocycles. The predicted molar refractivity (Wildman–Crippen MR) is 94.2 cm³/mol. The Balaban J connectivity index is 0.000000253. The van der Waals surface area contributed by atoms with Crippen LogP contribution in [0.4, 0.5) is 14.7 Å². The summed E-state index contributed by atoms with van der Waals surface area (Å²) in [6.45, 7) is 3.02. The molecule has 146 valence electrons. The number of nitrogens with two attached hydrogens (primary N) is 1. The van der Waals surface area contributed by atoms with Gasteiger partial charge in [0.1, 0.15) is 22.8 Å². The smallest absolute Gasteiger partial charge is 0.238 e. The topological polar surface area (TPSA) is 109 Å². The number of nitrogens with zero attached hydrogens (tertiary/aromatic N) is 4. The molecule has 0 radical (unpaired) electrons. The number of fused-ring (bicyclic) bond motifs is 1. The molecule has 2 fully saturated rings. The molecule has 0 amide bonds. The molecule has 2 unspecified atom stereocenters. The number of hydrogen-bond acceptors (Lipinski definition) is 6. The van der Waals surface area contributed by atoms with Gasteiger partial charge in [-0.2, -0.15) is 5.26 Å². The van der Waals surface area contributed by atoms with Crippen molar-refractivity contribution in [3.63, 3.8) is 0 Å². The molecule has 9 heteroatoms. The molecule has 2 aromatic rings. The van der Waals surface area contributed by atoms with Gasteiger partial charge >= 0.3 is 0 Å². The van der Waals surface area contributed by atoms with E-state index < -0.39 is 17.4 Å². The van der Waals surface area contributed by atoms with E-state index in [0.717, 1.165) is 25.9 Å². The summed E-state index contributed by atoms with van der Waals surface area (Å²) in [5.41, 5.74) is 4.19. The first-order valence-corrected chi connectivity index (χ1v) is 9.05. The summed E-state index contributed by atoms with van der Waals surface area (Å²) < 4.78 is 35.0. The quantitative estimate of drug-likeness (QED) is 0.830.